The Balaban J connectivity index is 1.42. The maximum absolute atomic E-state index is 14.6. The average Bonchev–Trinajstić information content (AvgIpc) is 3.37. The normalized spacial score (nSPS) is 39.2. The molecule has 5 aliphatic rings. The monoisotopic (exact) mass is 1060 g/mol. The second-order valence-corrected chi connectivity index (χ2v) is 23.3. The maximum atomic E-state index is 14.6. The van der Waals surface area contributed by atoms with Crippen LogP contribution in [0.3, 0.4) is 0 Å². The quantitative estimate of drug-likeness (QED) is 0.134. The van der Waals surface area contributed by atoms with Gasteiger partial charge in [-0.2, -0.15) is 0 Å². The first-order valence-corrected chi connectivity index (χ1v) is 27.4. The van der Waals surface area contributed by atoms with Crippen LogP contribution < -0.4 is 0 Å². The number of rotatable bonds is 7. The molecule has 15 atom stereocenters. The zero-order chi connectivity index (χ0) is 55.6. The summed E-state index contributed by atoms with van der Waals surface area (Å²) in [7, 11) is 2.93. The van der Waals surface area contributed by atoms with Gasteiger partial charge in [-0.1, -0.05) is 71.1 Å². The maximum Gasteiger partial charge on any atom is 0.329 e. The van der Waals surface area contributed by atoms with Gasteiger partial charge in [-0.15, -0.1) is 0 Å². The Morgan fingerprint density at radius 1 is 0.853 bits per heavy atom. The van der Waals surface area contributed by atoms with Crippen LogP contribution in [0.1, 0.15) is 146 Å². The number of nitrogens with zero attached hydrogens (tertiary/aromatic N) is 1. The third kappa shape index (κ3) is 16.1. The molecule has 17 heteroatoms. The number of fused-ring (bicyclic) bond motifs is 3. The molecule has 4 fully saturated rings. The van der Waals surface area contributed by atoms with Gasteiger partial charge < -0.3 is 53.4 Å². The average molecular weight is 1060 g/mol. The number of aliphatic hydroxyl groups excluding tert-OH is 2. The van der Waals surface area contributed by atoms with Crippen LogP contribution in [0.25, 0.3) is 0 Å². The molecule has 1 aliphatic carbocycles. The number of cyclic esters (lactones) is 1. The molecule has 0 aromatic rings. The molecular formula is C58H89NO16. The molecule has 422 valence electrons. The number of carbonyl (C=O) groups excluding carboxylic acids is 6. The Labute approximate surface area is 445 Å². The number of aliphatic hydroxyl groups is 3. The van der Waals surface area contributed by atoms with E-state index < -0.39 is 113 Å². The molecule has 0 aromatic carbocycles. The van der Waals surface area contributed by atoms with Gasteiger partial charge in [0.05, 0.1) is 31.5 Å². The van der Waals surface area contributed by atoms with Crippen molar-refractivity contribution in [2.24, 2.45) is 40.9 Å². The fourth-order valence-corrected chi connectivity index (χ4v) is 11.2. The van der Waals surface area contributed by atoms with Crippen LogP contribution >= 0.6 is 0 Å². The number of carbonyl (C=O) groups is 6. The number of ketones is 3. The summed E-state index contributed by atoms with van der Waals surface area (Å²) in [4.78, 5) is 85.9. The first kappa shape index (κ1) is 61.9. The summed E-state index contributed by atoms with van der Waals surface area (Å²) < 4.78 is 41.3. The number of hydrogen-bond donors (Lipinski definition) is 3. The largest absolute Gasteiger partial charge is 0.460 e. The minimum absolute atomic E-state index is 0.00537. The Bertz CT molecular complexity index is 2120. The predicted molar refractivity (Wildman–Crippen MR) is 278 cm³/mol. The summed E-state index contributed by atoms with van der Waals surface area (Å²) in [5.41, 5.74) is 0.168. The van der Waals surface area contributed by atoms with Gasteiger partial charge in [-0.05, 0) is 128 Å². The SMILES string of the molecule is CO[C@H]1C[C@@H]2CC[C@@H](C)[C@@](O)(O2)C(=O)C(=O)N2CCCC[C@H]2C(=O)O[C@H]([C@H](C)C[C@@H]2CC[C@@H](OC(=O)C3(C)COC(C)(C)OC3)[C@H](O)C2)CC(=O)[C@H](C)/C=C(\C)[C@@H](O)[C@@H](OC)C(=O)[C@H](C)C[C@H](C)/C=C/C=C/C=C/1C. The molecule has 1 saturated carbocycles. The van der Waals surface area contributed by atoms with Crippen LogP contribution in [0.15, 0.2) is 47.6 Å². The summed E-state index contributed by atoms with van der Waals surface area (Å²) in [5.74, 6) is -10.1. The van der Waals surface area contributed by atoms with Crippen LogP contribution in [0.4, 0.5) is 0 Å². The number of esters is 2. The third-order valence-corrected chi connectivity index (χ3v) is 16.4. The Kier molecular flexibility index (Phi) is 22.4. The Morgan fingerprint density at radius 2 is 1.55 bits per heavy atom. The fraction of sp³-hybridized carbons (Fsp3) is 0.759. The molecule has 4 heterocycles. The molecule has 3 saturated heterocycles. The van der Waals surface area contributed by atoms with E-state index in [1.165, 1.54) is 7.11 Å². The molecule has 0 spiro atoms. The van der Waals surface area contributed by atoms with Gasteiger partial charge in [0.1, 0.15) is 41.7 Å². The Hall–Kier alpha value is -3.94. The highest BCUT2D eigenvalue weighted by Gasteiger charge is 2.53. The minimum Gasteiger partial charge on any atom is -0.460 e. The molecule has 3 N–H and O–H groups in total. The number of hydrogen-bond acceptors (Lipinski definition) is 16. The zero-order valence-corrected chi connectivity index (χ0v) is 46.7. The molecule has 0 aromatic heterocycles. The van der Waals surface area contributed by atoms with Gasteiger partial charge in [0, 0.05) is 51.4 Å². The summed E-state index contributed by atoms with van der Waals surface area (Å²) in [6.45, 7) is 18.0. The lowest BCUT2D eigenvalue weighted by molar-refractivity contribution is -0.283. The fourth-order valence-electron chi connectivity index (χ4n) is 11.2. The number of methoxy groups -OCH3 is 2. The summed E-state index contributed by atoms with van der Waals surface area (Å²) in [6.07, 6.45) is 8.92. The smallest absolute Gasteiger partial charge is 0.329 e. The van der Waals surface area contributed by atoms with Crippen LogP contribution in [-0.4, -0.2) is 150 Å². The van der Waals surface area contributed by atoms with Crippen LogP contribution in [0.2, 0.25) is 0 Å². The third-order valence-electron chi connectivity index (χ3n) is 16.4. The topological polar surface area (TPSA) is 231 Å². The highest BCUT2D eigenvalue weighted by atomic mass is 16.7. The van der Waals surface area contributed by atoms with Crippen molar-refractivity contribution in [2.45, 2.75) is 207 Å². The van der Waals surface area contributed by atoms with Gasteiger partial charge in [0.2, 0.25) is 5.79 Å². The molecule has 4 aliphatic heterocycles. The van der Waals surface area contributed by atoms with E-state index in [-0.39, 0.29) is 62.4 Å². The summed E-state index contributed by atoms with van der Waals surface area (Å²) in [5, 5.41) is 34.9. The van der Waals surface area contributed by atoms with Crippen LogP contribution in [0, 0.1) is 40.9 Å². The van der Waals surface area contributed by atoms with Gasteiger partial charge in [0.15, 0.2) is 11.6 Å². The van der Waals surface area contributed by atoms with E-state index in [9.17, 15) is 44.1 Å². The molecule has 17 nitrogen and oxygen atoms in total. The molecule has 2 bridgehead atoms. The van der Waals surface area contributed by atoms with E-state index in [4.69, 9.17) is 33.2 Å². The Morgan fingerprint density at radius 3 is 2.20 bits per heavy atom. The van der Waals surface area contributed by atoms with Crippen molar-refractivity contribution in [3.05, 3.63) is 47.6 Å². The van der Waals surface area contributed by atoms with Crippen molar-refractivity contribution >= 4 is 35.2 Å². The van der Waals surface area contributed by atoms with Crippen LogP contribution in [0.5, 0.6) is 0 Å². The number of allylic oxidation sites excluding steroid dienone is 6. The van der Waals surface area contributed by atoms with E-state index in [1.807, 2.05) is 51.2 Å². The van der Waals surface area contributed by atoms with Crippen molar-refractivity contribution in [1.82, 2.24) is 4.90 Å². The molecule has 0 unspecified atom stereocenters. The van der Waals surface area contributed by atoms with E-state index in [0.717, 1.165) is 10.5 Å². The summed E-state index contributed by atoms with van der Waals surface area (Å²) in [6, 6.07) is -1.20. The number of ether oxygens (including phenoxy) is 7. The summed E-state index contributed by atoms with van der Waals surface area (Å²) >= 11 is 0. The highest BCUT2D eigenvalue weighted by molar-refractivity contribution is 6.39. The van der Waals surface area contributed by atoms with E-state index in [0.29, 0.717) is 63.4 Å². The highest BCUT2D eigenvalue weighted by Crippen LogP contribution is 2.39. The van der Waals surface area contributed by atoms with Crippen molar-refractivity contribution in [1.29, 1.82) is 0 Å². The van der Waals surface area contributed by atoms with Gasteiger partial charge in [-0.25, -0.2) is 4.79 Å². The van der Waals surface area contributed by atoms with E-state index in [1.54, 1.807) is 61.7 Å². The second kappa shape index (κ2) is 27.1. The lowest BCUT2D eigenvalue weighted by Gasteiger charge is -2.42. The number of piperidine rings is 1. The molecule has 5 rings (SSSR count). The van der Waals surface area contributed by atoms with Gasteiger partial charge in [0.25, 0.3) is 11.7 Å². The van der Waals surface area contributed by atoms with E-state index >= 15 is 0 Å². The van der Waals surface area contributed by atoms with Gasteiger partial charge >= 0.3 is 11.9 Å². The van der Waals surface area contributed by atoms with E-state index in [2.05, 4.69) is 0 Å². The first-order valence-electron chi connectivity index (χ1n) is 27.4. The molecule has 1 amide bonds. The van der Waals surface area contributed by atoms with Crippen molar-refractivity contribution < 1.29 is 77.2 Å². The lowest BCUT2D eigenvalue weighted by atomic mass is 9.78. The number of Topliss-reactive ketones (excluding diaryl/α,β-unsaturated/α-hetero) is 3. The standard InChI is InChI=1S/C58H89NO16/c1-34-18-14-13-15-19-35(2)47(69-11)30-42-23-21-40(7)58(68,75-42)52(64)53(65)59-25-17-16-20-43(59)54(66)73-48(31-44(60)36(3)27-39(6)50(63)51(70-12)49(62)38(5)26-34)37(4)28-41-22-24-46(45(61)29-41)74-55(67)57(10)32-71-56(8,9)72-33-57/h13-15,18-19,27,34,36-38,40-43,45-48,50-51,61,63,68H,16-17,20-26,28-33H2,1-12H3/b15-13+,18-14+,35-19+,39-27+/t34-,36-,37-,38-,40-,41+,42+,43+,45-,46-,47+,48+,50-,51+,58-/m1/s1. The van der Waals surface area contributed by atoms with Crippen LogP contribution in [-0.2, 0) is 61.9 Å². The molecular weight excluding hydrogens is 967 g/mol. The second-order valence-electron chi connectivity index (χ2n) is 23.3. The predicted octanol–water partition coefficient (Wildman–Crippen LogP) is 6.87. The zero-order valence-electron chi connectivity index (χ0n) is 46.7. The van der Waals surface area contributed by atoms with Crippen molar-refractivity contribution in [3.8, 4) is 0 Å². The minimum atomic E-state index is -2.47. The molecule has 0 radical (unpaired) electrons. The van der Waals surface area contributed by atoms with Crippen molar-refractivity contribution in [2.75, 3.05) is 34.0 Å². The van der Waals surface area contributed by atoms with Crippen molar-refractivity contribution in [3.63, 3.8) is 0 Å². The first-order chi connectivity index (χ1) is 35.2. The molecule has 75 heavy (non-hydrogen) atoms. The number of amides is 1. The van der Waals surface area contributed by atoms with Gasteiger partial charge in [-0.3, -0.25) is 24.0 Å². The lowest BCUT2D eigenvalue weighted by Crippen LogP contribution is -2.61.